The van der Waals surface area contributed by atoms with Crippen molar-refractivity contribution in [1.29, 1.82) is 0 Å². The minimum absolute atomic E-state index is 0.851. The number of imidazole rings is 1. The molecule has 0 aliphatic heterocycles. The standard InChI is InChI=1S/C21H24N4S/c26-17-16-24-13-8-20(9-14-24)3-2-19-4-6-21(7-5-19)23-10-1-12-25-15-11-22-18-25/h2-9,11,13-15,18,26H,1,10,12,16-17H2/p+1. The summed E-state index contributed by atoms with van der Waals surface area (Å²) in [6.45, 7) is 2.87. The molecule has 0 unspecified atom stereocenters. The lowest BCUT2D eigenvalue weighted by Crippen LogP contribution is -2.33. The van der Waals surface area contributed by atoms with Crippen molar-refractivity contribution in [2.45, 2.75) is 19.5 Å². The van der Waals surface area contributed by atoms with Crippen LogP contribution in [0.15, 0.2) is 67.5 Å². The van der Waals surface area contributed by atoms with Crippen molar-refractivity contribution in [2.75, 3.05) is 17.6 Å². The summed E-state index contributed by atoms with van der Waals surface area (Å²) in [4.78, 5) is 4.05. The van der Waals surface area contributed by atoms with Crippen LogP contribution < -0.4 is 9.88 Å². The lowest BCUT2D eigenvalue weighted by Gasteiger charge is -2.07. The molecule has 0 saturated carbocycles. The van der Waals surface area contributed by atoms with Crippen LogP contribution in [0.5, 0.6) is 0 Å². The Morgan fingerprint density at radius 1 is 1.04 bits per heavy atom. The molecule has 1 aromatic carbocycles. The van der Waals surface area contributed by atoms with Gasteiger partial charge in [-0.3, -0.25) is 0 Å². The molecule has 0 atom stereocenters. The molecule has 0 amide bonds. The second-order valence-electron chi connectivity index (χ2n) is 6.13. The zero-order valence-corrected chi connectivity index (χ0v) is 15.7. The Bertz CT molecular complexity index is 793. The van der Waals surface area contributed by atoms with E-state index in [0.29, 0.717) is 0 Å². The van der Waals surface area contributed by atoms with Gasteiger partial charge in [0.15, 0.2) is 18.9 Å². The SMILES string of the molecule is SCC[n+]1ccc(/C=C/c2ccc(NCCCn3ccnc3)cc2)cc1. The van der Waals surface area contributed by atoms with Crippen LogP contribution in [-0.4, -0.2) is 21.8 Å². The van der Waals surface area contributed by atoms with Gasteiger partial charge in [-0.25, -0.2) is 9.55 Å². The Labute approximate surface area is 160 Å². The van der Waals surface area contributed by atoms with Crippen LogP contribution in [0, 0.1) is 0 Å². The van der Waals surface area contributed by atoms with E-state index in [1.807, 2.05) is 18.7 Å². The summed E-state index contributed by atoms with van der Waals surface area (Å²) in [7, 11) is 0. The Morgan fingerprint density at radius 2 is 1.77 bits per heavy atom. The molecule has 0 bridgehead atoms. The number of pyridine rings is 1. The first-order valence-electron chi connectivity index (χ1n) is 8.91. The quantitative estimate of drug-likeness (QED) is 0.344. The molecule has 4 nitrogen and oxygen atoms in total. The number of thiol groups is 1. The first-order chi connectivity index (χ1) is 12.8. The molecule has 0 aliphatic carbocycles. The third kappa shape index (κ3) is 5.77. The number of benzene rings is 1. The number of hydrogen-bond donors (Lipinski definition) is 2. The zero-order chi connectivity index (χ0) is 18.0. The summed E-state index contributed by atoms with van der Waals surface area (Å²) in [6, 6.07) is 12.8. The van der Waals surface area contributed by atoms with Gasteiger partial charge in [-0.05, 0) is 29.7 Å². The molecule has 0 radical (unpaired) electrons. The topological polar surface area (TPSA) is 33.7 Å². The molecule has 5 heteroatoms. The molecule has 2 aromatic heterocycles. The number of anilines is 1. The van der Waals surface area contributed by atoms with Gasteiger partial charge >= 0.3 is 0 Å². The first kappa shape index (κ1) is 18.3. The largest absolute Gasteiger partial charge is 0.385 e. The number of aryl methyl sites for hydroxylation is 2. The van der Waals surface area contributed by atoms with Crippen LogP contribution >= 0.6 is 12.6 Å². The molecular formula is C21H25N4S+. The summed E-state index contributed by atoms with van der Waals surface area (Å²) in [5, 5.41) is 3.46. The fourth-order valence-electron chi connectivity index (χ4n) is 2.66. The third-order valence-electron chi connectivity index (χ3n) is 4.14. The fraction of sp³-hybridized carbons (Fsp3) is 0.238. The van der Waals surface area contributed by atoms with Crippen molar-refractivity contribution in [3.05, 3.63) is 78.6 Å². The van der Waals surface area contributed by atoms with E-state index in [9.17, 15) is 0 Å². The highest BCUT2D eigenvalue weighted by molar-refractivity contribution is 7.80. The molecule has 3 rings (SSSR count). The van der Waals surface area contributed by atoms with Gasteiger partial charge in [-0.1, -0.05) is 24.3 Å². The smallest absolute Gasteiger partial charge is 0.169 e. The van der Waals surface area contributed by atoms with E-state index in [1.54, 1.807) is 0 Å². The Morgan fingerprint density at radius 3 is 2.42 bits per heavy atom. The van der Waals surface area contributed by atoms with Gasteiger partial charge in [0.05, 0.1) is 6.33 Å². The van der Waals surface area contributed by atoms with Crippen molar-refractivity contribution in [3.8, 4) is 0 Å². The van der Waals surface area contributed by atoms with E-state index in [1.165, 1.54) is 11.1 Å². The summed E-state index contributed by atoms with van der Waals surface area (Å²) < 4.78 is 4.23. The Balaban J connectivity index is 1.46. The molecule has 134 valence electrons. The van der Waals surface area contributed by atoms with Crippen molar-refractivity contribution in [2.24, 2.45) is 0 Å². The average Bonchev–Trinajstić information content (AvgIpc) is 3.19. The number of aromatic nitrogens is 3. The summed E-state index contributed by atoms with van der Waals surface area (Å²) in [5.74, 6) is 0.851. The van der Waals surface area contributed by atoms with Crippen LogP contribution in [0.4, 0.5) is 5.69 Å². The van der Waals surface area contributed by atoms with Gasteiger partial charge in [-0.2, -0.15) is 12.6 Å². The lowest BCUT2D eigenvalue weighted by molar-refractivity contribution is -0.692. The number of hydrogen-bond acceptors (Lipinski definition) is 3. The number of nitrogens with zero attached hydrogens (tertiary/aromatic N) is 3. The monoisotopic (exact) mass is 365 g/mol. The lowest BCUT2D eigenvalue weighted by atomic mass is 10.1. The fourth-order valence-corrected chi connectivity index (χ4v) is 2.89. The summed E-state index contributed by atoms with van der Waals surface area (Å²) >= 11 is 4.25. The van der Waals surface area contributed by atoms with E-state index < -0.39 is 0 Å². The van der Waals surface area contributed by atoms with Crippen molar-refractivity contribution in [3.63, 3.8) is 0 Å². The first-order valence-corrected chi connectivity index (χ1v) is 9.54. The summed E-state index contributed by atoms with van der Waals surface area (Å²) in [6.07, 6.45) is 15.2. The van der Waals surface area contributed by atoms with Gasteiger partial charge < -0.3 is 9.88 Å². The molecule has 26 heavy (non-hydrogen) atoms. The second kappa shape index (κ2) is 9.82. The molecule has 1 N–H and O–H groups in total. The van der Waals surface area contributed by atoms with Gasteiger partial charge in [0.2, 0.25) is 0 Å². The summed E-state index contributed by atoms with van der Waals surface area (Å²) in [5.41, 5.74) is 3.54. The van der Waals surface area contributed by atoms with Gasteiger partial charge in [0.25, 0.3) is 0 Å². The molecule has 0 aliphatic rings. The molecule has 0 fully saturated rings. The maximum absolute atomic E-state index is 4.25. The highest BCUT2D eigenvalue weighted by Crippen LogP contribution is 2.12. The predicted molar refractivity (Wildman–Crippen MR) is 111 cm³/mol. The van der Waals surface area contributed by atoms with Gasteiger partial charge in [0, 0.05) is 49.1 Å². The third-order valence-corrected chi connectivity index (χ3v) is 4.34. The van der Waals surface area contributed by atoms with Crippen LogP contribution in [-0.2, 0) is 13.1 Å². The highest BCUT2D eigenvalue weighted by Gasteiger charge is 1.97. The van der Waals surface area contributed by atoms with Crippen LogP contribution in [0.1, 0.15) is 17.5 Å². The molecule has 2 heterocycles. The maximum Gasteiger partial charge on any atom is 0.169 e. The van der Waals surface area contributed by atoms with E-state index in [-0.39, 0.29) is 0 Å². The molecule has 3 aromatic rings. The van der Waals surface area contributed by atoms with Crippen molar-refractivity contribution in [1.82, 2.24) is 9.55 Å². The van der Waals surface area contributed by atoms with Crippen molar-refractivity contribution < 1.29 is 4.57 Å². The second-order valence-corrected chi connectivity index (χ2v) is 6.58. The van der Waals surface area contributed by atoms with E-state index in [4.69, 9.17) is 0 Å². The number of rotatable bonds is 9. The van der Waals surface area contributed by atoms with Gasteiger partial charge in [0.1, 0.15) is 0 Å². The highest BCUT2D eigenvalue weighted by atomic mass is 32.1. The Hall–Kier alpha value is -2.53. The molecular weight excluding hydrogens is 340 g/mol. The van der Waals surface area contributed by atoms with Crippen LogP contribution in [0.25, 0.3) is 12.2 Å². The number of nitrogens with one attached hydrogen (secondary N) is 1. The van der Waals surface area contributed by atoms with Gasteiger partial charge in [-0.15, -0.1) is 0 Å². The van der Waals surface area contributed by atoms with E-state index in [0.717, 1.165) is 37.5 Å². The maximum atomic E-state index is 4.25. The Kier molecular flexibility index (Phi) is 6.90. The van der Waals surface area contributed by atoms with Crippen molar-refractivity contribution >= 4 is 30.5 Å². The minimum Gasteiger partial charge on any atom is -0.385 e. The average molecular weight is 366 g/mol. The normalized spacial score (nSPS) is 11.1. The predicted octanol–water partition coefficient (Wildman–Crippen LogP) is 3.77. The van der Waals surface area contributed by atoms with Crippen LogP contribution in [0.2, 0.25) is 0 Å². The molecule has 0 spiro atoms. The van der Waals surface area contributed by atoms with Crippen LogP contribution in [0.3, 0.4) is 0 Å². The van der Waals surface area contributed by atoms with E-state index >= 15 is 0 Å². The molecule has 0 saturated heterocycles. The van der Waals surface area contributed by atoms with E-state index in [2.05, 4.69) is 93.0 Å². The minimum atomic E-state index is 0.851. The zero-order valence-electron chi connectivity index (χ0n) is 14.8.